The number of rotatable bonds is 6. The van der Waals surface area contributed by atoms with Crippen molar-refractivity contribution in [2.45, 2.75) is 19.4 Å². The third kappa shape index (κ3) is 5.69. The maximum Gasteiger partial charge on any atom is 0.328 e. The first-order chi connectivity index (χ1) is 10.3. The molecule has 1 aromatic carbocycles. The summed E-state index contributed by atoms with van der Waals surface area (Å²) in [6.07, 6.45) is 0.212. The molecule has 7 heteroatoms. The standard InChI is InChI=1S/C15H17BrN2O4/c1-9(16)7-13(15(21)22-3)18-14(20)11-5-4-6-12(8-11)17-10(2)19/h4-6,8,13H,1,7H2,2-3H3,(H,17,19)(H,18,20)/t13-/m0/s1. The Labute approximate surface area is 137 Å². The van der Waals surface area contributed by atoms with Gasteiger partial charge in [-0.2, -0.15) is 0 Å². The summed E-state index contributed by atoms with van der Waals surface area (Å²) in [7, 11) is 1.25. The molecule has 2 amide bonds. The third-order valence-corrected chi connectivity index (χ3v) is 2.99. The lowest BCUT2D eigenvalue weighted by molar-refractivity contribution is -0.142. The number of carbonyl (C=O) groups excluding carboxylic acids is 3. The van der Waals surface area contributed by atoms with Gasteiger partial charge in [0, 0.05) is 24.6 Å². The first kappa shape index (κ1) is 17.9. The summed E-state index contributed by atoms with van der Waals surface area (Å²) in [5.74, 6) is -1.25. The van der Waals surface area contributed by atoms with Crippen molar-refractivity contribution in [1.82, 2.24) is 5.32 Å². The Balaban J connectivity index is 2.87. The van der Waals surface area contributed by atoms with Gasteiger partial charge in [0.05, 0.1) is 7.11 Å². The normalized spacial score (nSPS) is 11.2. The van der Waals surface area contributed by atoms with E-state index in [9.17, 15) is 14.4 Å². The van der Waals surface area contributed by atoms with Crippen LogP contribution in [0.15, 0.2) is 35.3 Å². The lowest BCUT2D eigenvalue weighted by Gasteiger charge is -2.16. The highest BCUT2D eigenvalue weighted by Crippen LogP contribution is 2.14. The number of halogens is 1. The van der Waals surface area contributed by atoms with Crippen LogP contribution in [0.3, 0.4) is 0 Å². The van der Waals surface area contributed by atoms with Crippen LogP contribution in [-0.4, -0.2) is 30.9 Å². The first-order valence-electron chi connectivity index (χ1n) is 6.43. The summed E-state index contributed by atoms with van der Waals surface area (Å²) in [5.41, 5.74) is 0.819. The molecular formula is C15H17BrN2O4. The van der Waals surface area contributed by atoms with Gasteiger partial charge in [-0.1, -0.05) is 28.6 Å². The molecule has 0 unspecified atom stereocenters. The Morgan fingerprint density at radius 2 is 2.05 bits per heavy atom. The van der Waals surface area contributed by atoms with Crippen molar-refractivity contribution in [3.8, 4) is 0 Å². The summed E-state index contributed by atoms with van der Waals surface area (Å²) < 4.78 is 5.22. The largest absolute Gasteiger partial charge is 0.467 e. The molecule has 2 N–H and O–H groups in total. The summed E-state index contributed by atoms with van der Waals surface area (Å²) in [5, 5.41) is 5.17. The van der Waals surface area contributed by atoms with Crippen molar-refractivity contribution >= 4 is 39.4 Å². The zero-order chi connectivity index (χ0) is 16.7. The molecule has 22 heavy (non-hydrogen) atoms. The van der Waals surface area contributed by atoms with Gasteiger partial charge in [-0.15, -0.1) is 0 Å². The minimum Gasteiger partial charge on any atom is -0.467 e. The Morgan fingerprint density at radius 1 is 1.36 bits per heavy atom. The van der Waals surface area contributed by atoms with Crippen LogP contribution in [-0.2, 0) is 14.3 Å². The van der Waals surface area contributed by atoms with Crippen molar-refractivity contribution in [3.05, 3.63) is 40.9 Å². The Bertz CT molecular complexity index is 601. The van der Waals surface area contributed by atoms with E-state index in [1.54, 1.807) is 18.2 Å². The van der Waals surface area contributed by atoms with Crippen LogP contribution in [0, 0.1) is 0 Å². The van der Waals surface area contributed by atoms with Crippen molar-refractivity contribution in [3.63, 3.8) is 0 Å². The molecule has 6 nitrogen and oxygen atoms in total. The fraction of sp³-hybridized carbons (Fsp3) is 0.267. The number of esters is 1. The molecule has 0 aliphatic heterocycles. The van der Waals surface area contributed by atoms with Gasteiger partial charge in [-0.05, 0) is 22.7 Å². The van der Waals surface area contributed by atoms with Crippen LogP contribution in [0.4, 0.5) is 5.69 Å². The smallest absolute Gasteiger partial charge is 0.328 e. The average molecular weight is 369 g/mol. The highest BCUT2D eigenvalue weighted by atomic mass is 79.9. The van der Waals surface area contributed by atoms with Crippen LogP contribution >= 0.6 is 15.9 Å². The van der Waals surface area contributed by atoms with E-state index in [4.69, 9.17) is 0 Å². The number of benzene rings is 1. The molecule has 0 aliphatic rings. The second kappa shape index (κ2) is 8.33. The summed E-state index contributed by atoms with van der Waals surface area (Å²) in [6.45, 7) is 5.03. The minimum absolute atomic E-state index is 0.212. The number of amides is 2. The van der Waals surface area contributed by atoms with E-state index in [0.717, 1.165) is 0 Å². The lowest BCUT2D eigenvalue weighted by atomic mass is 10.1. The first-order valence-corrected chi connectivity index (χ1v) is 7.22. The number of ether oxygens (including phenoxy) is 1. The molecule has 0 spiro atoms. The second-order valence-corrected chi connectivity index (χ2v) is 5.65. The fourth-order valence-corrected chi connectivity index (χ4v) is 2.06. The molecule has 118 valence electrons. The number of nitrogens with one attached hydrogen (secondary N) is 2. The molecule has 1 atom stereocenters. The van der Waals surface area contributed by atoms with Crippen molar-refractivity contribution in [1.29, 1.82) is 0 Å². The van der Waals surface area contributed by atoms with Crippen LogP contribution in [0.2, 0.25) is 0 Å². The van der Waals surface area contributed by atoms with Gasteiger partial charge in [0.1, 0.15) is 6.04 Å². The fourth-order valence-electron chi connectivity index (χ4n) is 1.74. The molecular weight excluding hydrogens is 352 g/mol. The Morgan fingerprint density at radius 3 is 2.59 bits per heavy atom. The zero-order valence-corrected chi connectivity index (χ0v) is 13.9. The summed E-state index contributed by atoms with van der Waals surface area (Å²) >= 11 is 3.16. The van der Waals surface area contributed by atoms with Crippen LogP contribution in [0.1, 0.15) is 23.7 Å². The molecule has 0 aliphatic carbocycles. The molecule has 1 aromatic rings. The highest BCUT2D eigenvalue weighted by molar-refractivity contribution is 9.11. The predicted octanol–water partition coefficient (Wildman–Crippen LogP) is 2.22. The van der Waals surface area contributed by atoms with Gasteiger partial charge in [0.25, 0.3) is 5.91 Å². The summed E-state index contributed by atoms with van der Waals surface area (Å²) in [6, 6.07) is 5.56. The average Bonchev–Trinajstić information content (AvgIpc) is 2.44. The molecule has 0 saturated heterocycles. The van der Waals surface area contributed by atoms with Gasteiger partial charge in [0.15, 0.2) is 0 Å². The van der Waals surface area contributed by atoms with E-state index in [1.807, 2.05) is 0 Å². The quantitative estimate of drug-likeness (QED) is 0.753. The minimum atomic E-state index is -0.839. The van der Waals surface area contributed by atoms with Crippen LogP contribution in [0.25, 0.3) is 0 Å². The second-order valence-electron chi connectivity index (χ2n) is 4.53. The molecule has 0 bridgehead atoms. The maximum atomic E-state index is 12.2. The molecule has 1 rings (SSSR count). The van der Waals surface area contributed by atoms with E-state index < -0.39 is 17.9 Å². The SMILES string of the molecule is C=C(Br)C[C@H](NC(=O)c1cccc(NC(C)=O)c1)C(=O)OC. The molecule has 0 heterocycles. The molecule has 0 fully saturated rings. The third-order valence-electron chi connectivity index (χ3n) is 2.66. The number of methoxy groups -OCH3 is 1. The van der Waals surface area contributed by atoms with E-state index in [2.05, 4.69) is 37.9 Å². The number of hydrogen-bond acceptors (Lipinski definition) is 4. The zero-order valence-electron chi connectivity index (χ0n) is 12.3. The lowest BCUT2D eigenvalue weighted by Crippen LogP contribution is -2.41. The van der Waals surface area contributed by atoms with E-state index in [-0.39, 0.29) is 12.3 Å². The van der Waals surface area contributed by atoms with Crippen molar-refractivity contribution < 1.29 is 19.1 Å². The van der Waals surface area contributed by atoms with Gasteiger partial charge in [0.2, 0.25) is 5.91 Å². The van der Waals surface area contributed by atoms with E-state index in [0.29, 0.717) is 15.7 Å². The van der Waals surface area contributed by atoms with Gasteiger partial charge < -0.3 is 15.4 Å². The molecule has 0 radical (unpaired) electrons. The van der Waals surface area contributed by atoms with E-state index in [1.165, 1.54) is 20.1 Å². The van der Waals surface area contributed by atoms with Gasteiger partial charge >= 0.3 is 5.97 Å². The highest BCUT2D eigenvalue weighted by Gasteiger charge is 2.22. The summed E-state index contributed by atoms with van der Waals surface area (Å²) in [4.78, 5) is 34.9. The Kier molecular flexibility index (Phi) is 6.78. The van der Waals surface area contributed by atoms with E-state index >= 15 is 0 Å². The van der Waals surface area contributed by atoms with Gasteiger partial charge in [-0.3, -0.25) is 9.59 Å². The molecule has 0 aromatic heterocycles. The van der Waals surface area contributed by atoms with Gasteiger partial charge in [-0.25, -0.2) is 4.79 Å². The molecule has 0 saturated carbocycles. The maximum absolute atomic E-state index is 12.2. The Hall–Kier alpha value is -2.15. The van der Waals surface area contributed by atoms with Crippen molar-refractivity contribution in [2.75, 3.05) is 12.4 Å². The monoisotopic (exact) mass is 368 g/mol. The number of hydrogen-bond donors (Lipinski definition) is 2. The predicted molar refractivity (Wildman–Crippen MR) is 86.7 cm³/mol. The topological polar surface area (TPSA) is 84.5 Å². The number of carbonyl (C=O) groups is 3. The van der Waals surface area contributed by atoms with Crippen molar-refractivity contribution in [2.24, 2.45) is 0 Å². The number of anilines is 1. The van der Waals surface area contributed by atoms with Crippen LogP contribution in [0.5, 0.6) is 0 Å². The van der Waals surface area contributed by atoms with Crippen LogP contribution < -0.4 is 10.6 Å².